The number of nitrogens with zero attached hydrogens (tertiary/aromatic N) is 2. The number of sulfonamides is 1. The van der Waals surface area contributed by atoms with Gasteiger partial charge >= 0.3 is 0 Å². The van der Waals surface area contributed by atoms with Gasteiger partial charge in [0, 0.05) is 25.2 Å². The largest absolute Gasteiger partial charge is 0.350 e. The van der Waals surface area contributed by atoms with Crippen LogP contribution in [0.5, 0.6) is 0 Å². The van der Waals surface area contributed by atoms with E-state index in [1.165, 1.54) is 10.4 Å². The van der Waals surface area contributed by atoms with Crippen LogP contribution in [0.15, 0.2) is 59.5 Å². The predicted octanol–water partition coefficient (Wildman–Crippen LogP) is 2.50. The van der Waals surface area contributed by atoms with Gasteiger partial charge in [0.25, 0.3) is 5.91 Å². The van der Waals surface area contributed by atoms with E-state index in [0.717, 1.165) is 18.4 Å². The molecule has 1 aliphatic heterocycles. The molecular formula is C21H27N3O3S. The molecule has 0 spiro atoms. The lowest BCUT2D eigenvalue weighted by molar-refractivity contribution is 0.0941. The highest BCUT2D eigenvalue weighted by atomic mass is 32.2. The van der Waals surface area contributed by atoms with E-state index >= 15 is 0 Å². The zero-order valence-corrected chi connectivity index (χ0v) is 17.2. The summed E-state index contributed by atoms with van der Waals surface area (Å²) in [6, 6.07) is 16.3. The van der Waals surface area contributed by atoms with Crippen molar-refractivity contribution >= 4 is 15.9 Å². The Morgan fingerprint density at radius 2 is 1.75 bits per heavy atom. The standard InChI is InChI=1S/C21H27N3O3S/c1-23(2)20(17-9-4-3-5-10-17)16-22-21(25)18-11-8-12-19(15-18)28(26,27)24-13-6-7-14-24/h3-5,8-12,15,20H,6-7,13-14,16H2,1-2H3,(H,22,25). The Labute approximate surface area is 167 Å². The molecule has 6 nitrogen and oxygen atoms in total. The Morgan fingerprint density at radius 3 is 2.39 bits per heavy atom. The average Bonchev–Trinajstić information content (AvgIpc) is 3.24. The first-order chi connectivity index (χ1) is 13.4. The third kappa shape index (κ3) is 4.60. The molecule has 1 fully saturated rings. The van der Waals surface area contributed by atoms with Crippen LogP contribution in [-0.2, 0) is 10.0 Å². The van der Waals surface area contributed by atoms with Crippen molar-refractivity contribution in [2.75, 3.05) is 33.7 Å². The fraction of sp³-hybridized carbons (Fsp3) is 0.381. The van der Waals surface area contributed by atoms with Crippen LogP contribution in [0.2, 0.25) is 0 Å². The third-order valence-electron chi connectivity index (χ3n) is 5.06. The number of amides is 1. The van der Waals surface area contributed by atoms with Crippen LogP contribution in [0.1, 0.15) is 34.8 Å². The van der Waals surface area contributed by atoms with Crippen LogP contribution in [0.3, 0.4) is 0 Å². The van der Waals surface area contributed by atoms with E-state index in [0.29, 0.717) is 25.2 Å². The van der Waals surface area contributed by atoms with Gasteiger partial charge in [0.15, 0.2) is 0 Å². The lowest BCUT2D eigenvalue weighted by Crippen LogP contribution is -2.34. The normalized spacial score (nSPS) is 16.2. The molecule has 1 N–H and O–H groups in total. The summed E-state index contributed by atoms with van der Waals surface area (Å²) in [6.07, 6.45) is 1.76. The molecule has 1 amide bonds. The molecule has 1 aliphatic rings. The van der Waals surface area contributed by atoms with Crippen molar-refractivity contribution in [1.82, 2.24) is 14.5 Å². The second-order valence-electron chi connectivity index (χ2n) is 7.24. The first kappa shape index (κ1) is 20.5. The maximum atomic E-state index is 12.7. The second-order valence-corrected chi connectivity index (χ2v) is 9.18. The minimum Gasteiger partial charge on any atom is -0.350 e. The molecule has 1 unspecified atom stereocenters. The van der Waals surface area contributed by atoms with E-state index in [-0.39, 0.29) is 16.8 Å². The Bertz CT molecular complexity index is 908. The van der Waals surface area contributed by atoms with Crippen LogP contribution in [0.4, 0.5) is 0 Å². The predicted molar refractivity (Wildman–Crippen MR) is 110 cm³/mol. The molecule has 0 radical (unpaired) electrons. The number of rotatable bonds is 7. The van der Waals surface area contributed by atoms with Crippen molar-refractivity contribution in [2.45, 2.75) is 23.8 Å². The monoisotopic (exact) mass is 401 g/mol. The molecule has 7 heteroatoms. The average molecular weight is 402 g/mol. The van der Waals surface area contributed by atoms with Gasteiger partial charge < -0.3 is 10.2 Å². The van der Waals surface area contributed by atoms with Crippen LogP contribution in [0, 0.1) is 0 Å². The second kappa shape index (κ2) is 8.86. The van der Waals surface area contributed by atoms with E-state index in [9.17, 15) is 13.2 Å². The molecule has 1 heterocycles. The summed E-state index contributed by atoms with van der Waals surface area (Å²) in [6.45, 7) is 1.51. The van der Waals surface area contributed by atoms with Crippen LogP contribution >= 0.6 is 0 Å². The van der Waals surface area contributed by atoms with Gasteiger partial charge in [-0.1, -0.05) is 36.4 Å². The molecule has 0 bridgehead atoms. The van der Waals surface area contributed by atoms with Crippen molar-refractivity contribution in [2.24, 2.45) is 0 Å². The molecule has 3 rings (SSSR count). The Hall–Kier alpha value is -2.22. The number of carbonyl (C=O) groups is 1. The molecule has 0 aromatic heterocycles. The van der Waals surface area contributed by atoms with Crippen molar-refractivity contribution in [3.8, 4) is 0 Å². The van der Waals surface area contributed by atoms with Crippen LogP contribution in [0.25, 0.3) is 0 Å². The highest BCUT2D eigenvalue weighted by molar-refractivity contribution is 7.89. The smallest absolute Gasteiger partial charge is 0.251 e. The Kier molecular flexibility index (Phi) is 6.49. The maximum absolute atomic E-state index is 12.7. The number of hydrogen-bond donors (Lipinski definition) is 1. The fourth-order valence-corrected chi connectivity index (χ4v) is 5.00. The summed E-state index contributed by atoms with van der Waals surface area (Å²) in [7, 11) is 0.393. The maximum Gasteiger partial charge on any atom is 0.251 e. The minimum absolute atomic E-state index is 0.0293. The topological polar surface area (TPSA) is 69.7 Å². The summed E-state index contributed by atoms with van der Waals surface area (Å²) >= 11 is 0. The number of hydrogen-bond acceptors (Lipinski definition) is 4. The highest BCUT2D eigenvalue weighted by Gasteiger charge is 2.27. The van der Waals surface area contributed by atoms with Crippen molar-refractivity contribution in [3.63, 3.8) is 0 Å². The highest BCUT2D eigenvalue weighted by Crippen LogP contribution is 2.22. The van der Waals surface area contributed by atoms with Crippen LogP contribution < -0.4 is 5.32 Å². The Balaban J connectivity index is 1.72. The SMILES string of the molecule is CN(C)C(CNC(=O)c1cccc(S(=O)(=O)N2CCCC2)c1)c1ccccc1. The van der Waals surface area contributed by atoms with E-state index in [1.54, 1.807) is 18.2 Å². The van der Waals surface area contributed by atoms with Crippen molar-refractivity contribution in [1.29, 1.82) is 0 Å². The molecule has 0 aliphatic carbocycles. The summed E-state index contributed by atoms with van der Waals surface area (Å²) in [5, 5.41) is 2.94. The van der Waals surface area contributed by atoms with Gasteiger partial charge in [0.2, 0.25) is 10.0 Å². The first-order valence-corrected chi connectivity index (χ1v) is 10.9. The van der Waals surface area contributed by atoms with Gasteiger partial charge in [0.1, 0.15) is 0 Å². The molecular weight excluding hydrogens is 374 g/mol. The molecule has 1 atom stereocenters. The van der Waals surface area contributed by atoms with Gasteiger partial charge in [0.05, 0.1) is 10.9 Å². The molecule has 150 valence electrons. The summed E-state index contributed by atoms with van der Waals surface area (Å²) in [4.78, 5) is 14.9. The zero-order valence-electron chi connectivity index (χ0n) is 16.3. The van der Waals surface area contributed by atoms with Gasteiger partial charge in [-0.05, 0) is 50.7 Å². The Morgan fingerprint density at radius 1 is 1.07 bits per heavy atom. The zero-order chi connectivity index (χ0) is 20.1. The lowest BCUT2D eigenvalue weighted by Gasteiger charge is -2.25. The lowest BCUT2D eigenvalue weighted by atomic mass is 10.1. The molecule has 1 saturated heterocycles. The van der Waals surface area contributed by atoms with E-state index in [2.05, 4.69) is 5.32 Å². The van der Waals surface area contributed by atoms with Gasteiger partial charge in [-0.25, -0.2) is 8.42 Å². The summed E-state index contributed by atoms with van der Waals surface area (Å²) in [5.41, 5.74) is 1.46. The summed E-state index contributed by atoms with van der Waals surface area (Å²) in [5.74, 6) is -0.277. The summed E-state index contributed by atoms with van der Waals surface area (Å²) < 4.78 is 27.0. The van der Waals surface area contributed by atoms with Crippen molar-refractivity contribution < 1.29 is 13.2 Å². The quantitative estimate of drug-likeness (QED) is 0.774. The number of carbonyl (C=O) groups excluding carboxylic acids is 1. The van der Waals surface area contributed by atoms with Gasteiger partial charge in [-0.15, -0.1) is 0 Å². The van der Waals surface area contributed by atoms with E-state index < -0.39 is 10.0 Å². The molecule has 2 aromatic carbocycles. The van der Waals surface area contributed by atoms with Crippen LogP contribution in [-0.4, -0.2) is 57.3 Å². The number of benzene rings is 2. The van der Waals surface area contributed by atoms with E-state index in [1.807, 2.05) is 49.3 Å². The van der Waals surface area contributed by atoms with Gasteiger partial charge in [-0.2, -0.15) is 4.31 Å². The minimum atomic E-state index is -3.54. The number of nitrogens with one attached hydrogen (secondary N) is 1. The van der Waals surface area contributed by atoms with E-state index in [4.69, 9.17) is 0 Å². The fourth-order valence-electron chi connectivity index (χ4n) is 3.44. The number of likely N-dealkylation sites (N-methyl/N-ethyl adjacent to an activating group) is 1. The third-order valence-corrected chi connectivity index (χ3v) is 6.96. The van der Waals surface area contributed by atoms with Gasteiger partial charge in [-0.3, -0.25) is 4.79 Å². The molecule has 28 heavy (non-hydrogen) atoms. The first-order valence-electron chi connectivity index (χ1n) is 9.49. The molecule has 0 saturated carbocycles. The van der Waals surface area contributed by atoms with Crippen molar-refractivity contribution in [3.05, 3.63) is 65.7 Å². The molecule has 2 aromatic rings.